The maximum Gasteiger partial charge on any atom is 0.237 e. The average Bonchev–Trinajstić information content (AvgIpc) is 2.93. The molecule has 4 nitrogen and oxygen atoms in total. The number of nitrogens with one attached hydrogen (secondary N) is 1. The molecule has 0 aliphatic rings. The predicted octanol–water partition coefficient (Wildman–Crippen LogP) is 3.59. The van der Waals surface area contributed by atoms with E-state index in [4.69, 9.17) is 4.98 Å². The van der Waals surface area contributed by atoms with Crippen LogP contribution in [0.3, 0.4) is 0 Å². The summed E-state index contributed by atoms with van der Waals surface area (Å²) in [5.74, 6) is 1.69. The second kappa shape index (κ2) is 4.59. The summed E-state index contributed by atoms with van der Waals surface area (Å²) in [5.41, 5.74) is 4.02. The van der Waals surface area contributed by atoms with Crippen LogP contribution in [0.4, 0.5) is 5.82 Å². The minimum Gasteiger partial charge on any atom is -0.374 e. The number of rotatable bonds is 2. The van der Waals surface area contributed by atoms with E-state index in [2.05, 4.69) is 34.6 Å². The van der Waals surface area contributed by atoms with Gasteiger partial charge in [0.1, 0.15) is 5.82 Å². The van der Waals surface area contributed by atoms with Gasteiger partial charge in [-0.05, 0) is 12.1 Å². The van der Waals surface area contributed by atoms with Crippen molar-refractivity contribution in [3.8, 4) is 11.3 Å². The Bertz CT molecular complexity index is 925. The molecule has 0 saturated carbocycles. The molecule has 2 heterocycles. The highest BCUT2D eigenvalue weighted by molar-refractivity contribution is 5.82. The van der Waals surface area contributed by atoms with Crippen molar-refractivity contribution in [3.05, 3.63) is 60.7 Å². The zero-order chi connectivity index (χ0) is 14.2. The van der Waals surface area contributed by atoms with Gasteiger partial charge in [0, 0.05) is 18.7 Å². The number of imidazole rings is 1. The van der Waals surface area contributed by atoms with Crippen LogP contribution in [-0.2, 0) is 0 Å². The van der Waals surface area contributed by atoms with Gasteiger partial charge in [-0.15, -0.1) is 0 Å². The molecule has 0 fully saturated rings. The quantitative estimate of drug-likeness (QED) is 0.607. The molecule has 2 aromatic heterocycles. The van der Waals surface area contributed by atoms with Crippen molar-refractivity contribution in [1.29, 1.82) is 0 Å². The largest absolute Gasteiger partial charge is 0.374 e. The smallest absolute Gasteiger partial charge is 0.237 e. The number of hydrogen-bond acceptors (Lipinski definition) is 3. The molecule has 0 spiro atoms. The van der Waals surface area contributed by atoms with E-state index in [1.165, 1.54) is 0 Å². The van der Waals surface area contributed by atoms with Crippen molar-refractivity contribution in [1.82, 2.24) is 14.4 Å². The Hall–Kier alpha value is -2.88. The van der Waals surface area contributed by atoms with Crippen LogP contribution in [0.1, 0.15) is 0 Å². The van der Waals surface area contributed by atoms with Crippen molar-refractivity contribution < 1.29 is 0 Å². The normalized spacial score (nSPS) is 11.1. The second-order valence-corrected chi connectivity index (χ2v) is 4.88. The predicted molar refractivity (Wildman–Crippen MR) is 85.5 cm³/mol. The van der Waals surface area contributed by atoms with E-state index in [0.29, 0.717) is 5.78 Å². The van der Waals surface area contributed by atoms with Crippen molar-refractivity contribution in [2.24, 2.45) is 0 Å². The molecule has 0 unspecified atom stereocenters. The Morgan fingerprint density at radius 1 is 0.905 bits per heavy atom. The fourth-order valence-corrected chi connectivity index (χ4v) is 2.60. The Kier molecular flexibility index (Phi) is 2.60. The Balaban J connectivity index is 2.07. The molecule has 1 N–H and O–H groups in total. The number of hydrogen-bond donors (Lipinski definition) is 1. The van der Waals surface area contributed by atoms with E-state index in [0.717, 1.165) is 28.1 Å². The topological polar surface area (TPSA) is 42.2 Å². The van der Waals surface area contributed by atoms with Gasteiger partial charge < -0.3 is 5.32 Å². The number of aromatic nitrogens is 3. The Labute approximate surface area is 122 Å². The third-order valence-corrected chi connectivity index (χ3v) is 3.60. The zero-order valence-corrected chi connectivity index (χ0v) is 11.6. The maximum absolute atomic E-state index is 4.70. The van der Waals surface area contributed by atoms with Gasteiger partial charge in [0.15, 0.2) is 0 Å². The van der Waals surface area contributed by atoms with Crippen LogP contribution in [0.25, 0.3) is 28.1 Å². The van der Waals surface area contributed by atoms with Gasteiger partial charge in [-0.25, -0.2) is 9.97 Å². The second-order valence-electron chi connectivity index (χ2n) is 4.88. The first kappa shape index (κ1) is 11.9. The molecule has 4 heteroatoms. The molecule has 0 aliphatic carbocycles. The molecule has 0 saturated heterocycles. The lowest BCUT2D eigenvalue weighted by atomic mass is 10.1. The number of fused-ring (bicyclic) bond motifs is 3. The van der Waals surface area contributed by atoms with Crippen LogP contribution in [0.15, 0.2) is 60.7 Å². The Morgan fingerprint density at radius 3 is 2.48 bits per heavy atom. The summed E-state index contributed by atoms with van der Waals surface area (Å²) in [7, 11) is 1.92. The molecule has 21 heavy (non-hydrogen) atoms. The third kappa shape index (κ3) is 1.84. The van der Waals surface area contributed by atoms with Crippen molar-refractivity contribution in [2.75, 3.05) is 12.4 Å². The summed E-state index contributed by atoms with van der Waals surface area (Å²) in [4.78, 5) is 9.32. The van der Waals surface area contributed by atoms with E-state index in [9.17, 15) is 0 Å². The highest BCUT2D eigenvalue weighted by Crippen LogP contribution is 2.25. The first-order valence-electron chi connectivity index (χ1n) is 6.88. The minimum atomic E-state index is 0.710. The van der Waals surface area contributed by atoms with E-state index in [1.807, 2.05) is 47.8 Å². The van der Waals surface area contributed by atoms with Gasteiger partial charge in [0.05, 0.1) is 16.7 Å². The molecule has 2 aromatic carbocycles. The summed E-state index contributed by atoms with van der Waals surface area (Å²) in [5, 5.41) is 3.24. The molecule has 0 atom stereocenters. The van der Waals surface area contributed by atoms with Crippen LogP contribution in [0.2, 0.25) is 0 Å². The van der Waals surface area contributed by atoms with E-state index in [-0.39, 0.29) is 0 Å². The standard InChI is InChI=1S/C17H14N4/c1-18-16-11-14(12-7-3-2-4-8-12)20-17-19-13-9-5-6-10-15(13)21(16)17/h2-11,18H,1H3. The number of benzene rings is 2. The SMILES string of the molecule is CNc1cc(-c2ccccc2)nc2nc3ccccc3n12. The Morgan fingerprint density at radius 2 is 1.67 bits per heavy atom. The summed E-state index contributed by atoms with van der Waals surface area (Å²) in [6.07, 6.45) is 0. The summed E-state index contributed by atoms with van der Waals surface area (Å²) >= 11 is 0. The fraction of sp³-hybridized carbons (Fsp3) is 0.0588. The number of nitrogens with zero attached hydrogens (tertiary/aromatic N) is 3. The summed E-state index contributed by atoms with van der Waals surface area (Å²) in [6.45, 7) is 0. The minimum absolute atomic E-state index is 0.710. The molecule has 0 radical (unpaired) electrons. The van der Waals surface area contributed by atoms with Gasteiger partial charge in [-0.2, -0.15) is 0 Å². The van der Waals surface area contributed by atoms with Gasteiger partial charge in [0.25, 0.3) is 0 Å². The fourth-order valence-electron chi connectivity index (χ4n) is 2.60. The molecular weight excluding hydrogens is 260 g/mol. The van der Waals surface area contributed by atoms with Gasteiger partial charge in [-0.3, -0.25) is 4.40 Å². The lowest BCUT2D eigenvalue weighted by molar-refractivity contribution is 1.13. The van der Waals surface area contributed by atoms with Gasteiger partial charge >= 0.3 is 0 Å². The van der Waals surface area contributed by atoms with Crippen LogP contribution in [0, 0.1) is 0 Å². The highest BCUT2D eigenvalue weighted by atomic mass is 15.2. The monoisotopic (exact) mass is 274 g/mol. The molecule has 4 rings (SSSR count). The van der Waals surface area contributed by atoms with E-state index >= 15 is 0 Å². The first-order valence-corrected chi connectivity index (χ1v) is 6.88. The third-order valence-electron chi connectivity index (χ3n) is 3.60. The van der Waals surface area contributed by atoms with Gasteiger partial charge in [-0.1, -0.05) is 42.5 Å². The van der Waals surface area contributed by atoms with Crippen molar-refractivity contribution in [2.45, 2.75) is 0 Å². The molecule has 102 valence electrons. The van der Waals surface area contributed by atoms with E-state index < -0.39 is 0 Å². The van der Waals surface area contributed by atoms with Crippen LogP contribution < -0.4 is 5.32 Å². The number of para-hydroxylation sites is 2. The number of anilines is 1. The van der Waals surface area contributed by atoms with Gasteiger partial charge in [0.2, 0.25) is 5.78 Å². The average molecular weight is 274 g/mol. The molecule has 0 amide bonds. The molecule has 0 aliphatic heterocycles. The van der Waals surface area contributed by atoms with Crippen molar-refractivity contribution in [3.63, 3.8) is 0 Å². The molecular formula is C17H14N4. The van der Waals surface area contributed by atoms with E-state index in [1.54, 1.807) is 0 Å². The van der Waals surface area contributed by atoms with Crippen LogP contribution in [-0.4, -0.2) is 21.4 Å². The maximum atomic E-state index is 4.70. The van der Waals surface area contributed by atoms with Crippen molar-refractivity contribution >= 4 is 22.6 Å². The molecule has 4 aromatic rings. The van der Waals surface area contributed by atoms with Crippen LogP contribution in [0.5, 0.6) is 0 Å². The first-order chi connectivity index (χ1) is 10.4. The summed E-state index contributed by atoms with van der Waals surface area (Å²) in [6, 6.07) is 20.3. The lowest BCUT2D eigenvalue weighted by Gasteiger charge is -2.08. The summed E-state index contributed by atoms with van der Waals surface area (Å²) < 4.78 is 2.04. The zero-order valence-electron chi connectivity index (χ0n) is 11.6. The molecule has 0 bridgehead atoms. The highest BCUT2D eigenvalue weighted by Gasteiger charge is 2.11. The lowest BCUT2D eigenvalue weighted by Crippen LogP contribution is -2.00. The van der Waals surface area contributed by atoms with Crippen LogP contribution >= 0.6 is 0 Å².